The second-order valence-corrected chi connectivity index (χ2v) is 5.84. The van der Waals surface area contributed by atoms with Crippen LogP contribution in [0.25, 0.3) is 0 Å². The highest BCUT2D eigenvalue weighted by molar-refractivity contribution is 5.76. The third kappa shape index (κ3) is 4.64. The van der Waals surface area contributed by atoms with Crippen LogP contribution >= 0.6 is 0 Å². The Morgan fingerprint density at radius 1 is 1.20 bits per heavy atom. The van der Waals surface area contributed by atoms with E-state index < -0.39 is 0 Å². The Hall–Kier alpha value is -1.35. The van der Waals surface area contributed by atoms with Crippen molar-refractivity contribution in [1.82, 2.24) is 4.90 Å². The maximum atomic E-state index is 12.4. The van der Waals surface area contributed by atoms with Gasteiger partial charge in [0, 0.05) is 19.0 Å². The molecular formula is C17H26N2O. The molecule has 1 saturated carbocycles. The Balaban J connectivity index is 1.86. The highest BCUT2D eigenvalue weighted by Gasteiger charge is 2.31. The zero-order valence-electron chi connectivity index (χ0n) is 12.5. The average Bonchev–Trinajstić information content (AvgIpc) is 3.27. The minimum absolute atomic E-state index is 0.310. The van der Waals surface area contributed by atoms with Crippen LogP contribution in [0.5, 0.6) is 0 Å². The maximum Gasteiger partial charge on any atom is 0.223 e. The van der Waals surface area contributed by atoms with E-state index in [1.54, 1.807) is 0 Å². The number of nitrogens with two attached hydrogens (primary N) is 1. The van der Waals surface area contributed by atoms with E-state index >= 15 is 0 Å². The molecule has 0 atom stereocenters. The summed E-state index contributed by atoms with van der Waals surface area (Å²) in [6.45, 7) is 3.58. The normalized spacial score (nSPS) is 14.3. The third-order valence-corrected chi connectivity index (χ3v) is 3.88. The van der Waals surface area contributed by atoms with Gasteiger partial charge < -0.3 is 10.6 Å². The van der Waals surface area contributed by atoms with E-state index in [4.69, 9.17) is 5.73 Å². The molecule has 1 amide bonds. The van der Waals surface area contributed by atoms with Gasteiger partial charge in [-0.2, -0.15) is 0 Å². The number of carbonyl (C=O) groups is 1. The number of rotatable bonds is 8. The predicted molar refractivity (Wildman–Crippen MR) is 82.3 cm³/mol. The molecule has 0 radical (unpaired) electrons. The van der Waals surface area contributed by atoms with Crippen LogP contribution in [0.1, 0.15) is 49.7 Å². The van der Waals surface area contributed by atoms with Gasteiger partial charge in [0.05, 0.1) is 0 Å². The van der Waals surface area contributed by atoms with Gasteiger partial charge in [0.2, 0.25) is 5.91 Å². The third-order valence-electron chi connectivity index (χ3n) is 3.88. The van der Waals surface area contributed by atoms with Crippen molar-refractivity contribution in [3.05, 3.63) is 35.4 Å². The molecule has 2 N–H and O–H groups in total. The molecule has 1 fully saturated rings. The summed E-state index contributed by atoms with van der Waals surface area (Å²) in [6.07, 6.45) is 6.05. The number of benzene rings is 1. The average molecular weight is 274 g/mol. The molecule has 0 bridgehead atoms. The SMILES string of the molecule is Cc1ccc(CN(C(=O)CCCCCN)C2CC2)cc1. The quantitative estimate of drug-likeness (QED) is 0.741. The molecule has 0 spiro atoms. The summed E-state index contributed by atoms with van der Waals surface area (Å²) in [7, 11) is 0. The van der Waals surface area contributed by atoms with Gasteiger partial charge in [0.25, 0.3) is 0 Å². The molecular weight excluding hydrogens is 248 g/mol. The van der Waals surface area contributed by atoms with Crippen LogP contribution in [0, 0.1) is 6.92 Å². The Bertz CT molecular complexity index is 423. The summed E-state index contributed by atoms with van der Waals surface area (Å²) in [6, 6.07) is 8.98. The lowest BCUT2D eigenvalue weighted by molar-refractivity contribution is -0.132. The Morgan fingerprint density at radius 3 is 2.50 bits per heavy atom. The van der Waals surface area contributed by atoms with Crippen LogP contribution in [-0.4, -0.2) is 23.4 Å². The van der Waals surface area contributed by atoms with Crippen molar-refractivity contribution in [3.8, 4) is 0 Å². The lowest BCUT2D eigenvalue weighted by Crippen LogP contribution is -2.32. The van der Waals surface area contributed by atoms with Crippen molar-refractivity contribution in [1.29, 1.82) is 0 Å². The minimum Gasteiger partial charge on any atom is -0.335 e. The van der Waals surface area contributed by atoms with Crippen molar-refractivity contribution in [3.63, 3.8) is 0 Å². The van der Waals surface area contributed by atoms with E-state index in [0.29, 0.717) is 18.4 Å². The molecule has 1 aliphatic carbocycles. The monoisotopic (exact) mass is 274 g/mol. The van der Waals surface area contributed by atoms with Gasteiger partial charge in [0.15, 0.2) is 0 Å². The predicted octanol–water partition coefficient (Wildman–Crippen LogP) is 3.01. The molecule has 2 rings (SSSR count). The van der Waals surface area contributed by atoms with Crippen LogP contribution in [0.4, 0.5) is 0 Å². The van der Waals surface area contributed by atoms with E-state index in [2.05, 4.69) is 36.1 Å². The summed E-state index contributed by atoms with van der Waals surface area (Å²) in [5.74, 6) is 0.310. The van der Waals surface area contributed by atoms with Crippen molar-refractivity contribution < 1.29 is 4.79 Å². The van der Waals surface area contributed by atoms with Gasteiger partial charge in [-0.05, 0) is 44.7 Å². The number of nitrogens with zero attached hydrogens (tertiary/aromatic N) is 1. The van der Waals surface area contributed by atoms with E-state index in [0.717, 1.165) is 32.4 Å². The highest BCUT2D eigenvalue weighted by atomic mass is 16.2. The molecule has 3 heteroatoms. The first kappa shape index (κ1) is 15.0. The standard InChI is InChI=1S/C17H26N2O/c1-14-6-8-15(9-7-14)13-19(16-10-11-16)17(20)5-3-2-4-12-18/h6-9,16H,2-5,10-13,18H2,1H3. The van der Waals surface area contributed by atoms with E-state index in [1.807, 2.05) is 0 Å². The fraction of sp³-hybridized carbons (Fsp3) is 0.588. The first-order valence-corrected chi connectivity index (χ1v) is 7.76. The Labute approximate surface area is 122 Å². The van der Waals surface area contributed by atoms with Crippen LogP contribution in [0.2, 0.25) is 0 Å². The van der Waals surface area contributed by atoms with Gasteiger partial charge in [-0.1, -0.05) is 36.2 Å². The first-order chi connectivity index (χ1) is 9.70. The lowest BCUT2D eigenvalue weighted by atomic mass is 10.1. The van der Waals surface area contributed by atoms with E-state index in [-0.39, 0.29) is 0 Å². The summed E-state index contributed by atoms with van der Waals surface area (Å²) >= 11 is 0. The highest BCUT2D eigenvalue weighted by Crippen LogP contribution is 2.29. The molecule has 1 aromatic carbocycles. The molecule has 0 unspecified atom stereocenters. The Kier molecular flexibility index (Phi) is 5.60. The molecule has 20 heavy (non-hydrogen) atoms. The van der Waals surface area contributed by atoms with E-state index in [9.17, 15) is 4.79 Å². The second-order valence-electron chi connectivity index (χ2n) is 5.84. The summed E-state index contributed by atoms with van der Waals surface area (Å²) in [5.41, 5.74) is 7.98. The van der Waals surface area contributed by atoms with E-state index in [1.165, 1.54) is 24.0 Å². The number of amides is 1. The zero-order chi connectivity index (χ0) is 14.4. The molecule has 0 saturated heterocycles. The molecule has 1 aromatic rings. The van der Waals surface area contributed by atoms with Crippen LogP contribution in [0.15, 0.2) is 24.3 Å². The fourth-order valence-corrected chi connectivity index (χ4v) is 2.44. The van der Waals surface area contributed by atoms with Crippen molar-refractivity contribution in [2.24, 2.45) is 5.73 Å². The van der Waals surface area contributed by atoms with Crippen LogP contribution in [0.3, 0.4) is 0 Å². The molecule has 110 valence electrons. The van der Waals surface area contributed by atoms with Gasteiger partial charge >= 0.3 is 0 Å². The minimum atomic E-state index is 0.310. The largest absolute Gasteiger partial charge is 0.335 e. The lowest BCUT2D eigenvalue weighted by Gasteiger charge is -2.22. The maximum absolute atomic E-state index is 12.4. The Morgan fingerprint density at radius 2 is 1.90 bits per heavy atom. The van der Waals surface area contributed by atoms with Gasteiger partial charge in [-0.15, -0.1) is 0 Å². The molecule has 0 aromatic heterocycles. The van der Waals surface area contributed by atoms with Gasteiger partial charge in [0.1, 0.15) is 0 Å². The molecule has 0 heterocycles. The summed E-state index contributed by atoms with van der Waals surface area (Å²) in [5, 5.41) is 0. The summed E-state index contributed by atoms with van der Waals surface area (Å²) in [4.78, 5) is 14.4. The zero-order valence-corrected chi connectivity index (χ0v) is 12.5. The molecule has 3 nitrogen and oxygen atoms in total. The van der Waals surface area contributed by atoms with Gasteiger partial charge in [-0.25, -0.2) is 0 Å². The van der Waals surface area contributed by atoms with Gasteiger partial charge in [-0.3, -0.25) is 4.79 Å². The van der Waals surface area contributed by atoms with Crippen molar-refractivity contribution in [2.75, 3.05) is 6.54 Å². The number of hydrogen-bond acceptors (Lipinski definition) is 2. The number of hydrogen-bond donors (Lipinski definition) is 1. The molecule has 1 aliphatic rings. The topological polar surface area (TPSA) is 46.3 Å². The fourth-order valence-electron chi connectivity index (χ4n) is 2.44. The van der Waals surface area contributed by atoms with Crippen molar-refractivity contribution in [2.45, 2.75) is 58.0 Å². The number of unbranched alkanes of at least 4 members (excludes halogenated alkanes) is 2. The molecule has 0 aliphatic heterocycles. The number of carbonyl (C=O) groups excluding carboxylic acids is 1. The van der Waals surface area contributed by atoms with Crippen LogP contribution in [-0.2, 0) is 11.3 Å². The van der Waals surface area contributed by atoms with Crippen LogP contribution < -0.4 is 5.73 Å². The number of aryl methyl sites for hydroxylation is 1. The van der Waals surface area contributed by atoms with Crippen molar-refractivity contribution >= 4 is 5.91 Å². The second kappa shape index (κ2) is 7.44. The first-order valence-electron chi connectivity index (χ1n) is 7.76. The summed E-state index contributed by atoms with van der Waals surface area (Å²) < 4.78 is 0. The smallest absolute Gasteiger partial charge is 0.223 e.